The third-order valence-electron chi connectivity index (χ3n) is 2.94. The Labute approximate surface area is 115 Å². The molecule has 0 aliphatic heterocycles. The molecular formula is C14H16FN3O2. The van der Waals surface area contributed by atoms with Crippen LogP contribution in [0.15, 0.2) is 24.4 Å². The van der Waals surface area contributed by atoms with E-state index < -0.39 is 17.5 Å². The molecule has 0 spiro atoms. The summed E-state index contributed by atoms with van der Waals surface area (Å²) in [6, 6.07) is 4.07. The molecule has 0 aliphatic rings. The second-order valence-corrected chi connectivity index (χ2v) is 4.78. The molecule has 1 heterocycles. The van der Waals surface area contributed by atoms with E-state index in [0.29, 0.717) is 24.0 Å². The summed E-state index contributed by atoms with van der Waals surface area (Å²) in [6.45, 7) is 1.02. The summed E-state index contributed by atoms with van der Waals surface area (Å²) in [5.41, 5.74) is 0.803. The molecule has 0 unspecified atom stereocenters. The highest BCUT2D eigenvalue weighted by Crippen LogP contribution is 2.19. The fourth-order valence-electron chi connectivity index (χ4n) is 1.88. The van der Waals surface area contributed by atoms with Crippen molar-refractivity contribution in [1.82, 2.24) is 15.2 Å². The molecule has 1 aromatic heterocycles. The Bertz CT molecular complexity index is 649. The van der Waals surface area contributed by atoms with Gasteiger partial charge in [-0.3, -0.25) is 9.59 Å². The van der Waals surface area contributed by atoms with E-state index in [1.54, 1.807) is 0 Å². The quantitative estimate of drug-likeness (QED) is 0.637. The highest BCUT2D eigenvalue weighted by Gasteiger charge is 2.19. The second kappa shape index (κ2) is 5.83. The molecule has 6 heteroatoms. The number of nitrogens with zero attached hydrogens (tertiary/aromatic N) is 1. The van der Waals surface area contributed by atoms with Gasteiger partial charge in [0.25, 0.3) is 11.7 Å². The lowest BCUT2D eigenvalue weighted by Crippen LogP contribution is -2.35. The topological polar surface area (TPSA) is 65.2 Å². The number of H-pyrrole nitrogens is 1. The van der Waals surface area contributed by atoms with Crippen LogP contribution in [0.4, 0.5) is 4.39 Å². The number of benzene rings is 1. The van der Waals surface area contributed by atoms with Gasteiger partial charge in [-0.2, -0.15) is 0 Å². The molecule has 0 fully saturated rings. The third-order valence-corrected chi connectivity index (χ3v) is 2.94. The first kappa shape index (κ1) is 14.2. The fraction of sp³-hybridized carbons (Fsp3) is 0.286. The number of fused-ring (bicyclic) bond motifs is 1. The van der Waals surface area contributed by atoms with E-state index in [-0.39, 0.29) is 5.56 Å². The summed E-state index contributed by atoms with van der Waals surface area (Å²) in [6.07, 6.45) is 1.43. The number of hydrogen-bond donors (Lipinski definition) is 2. The maximum atomic E-state index is 13.2. The Balaban J connectivity index is 2.14. The molecule has 2 aromatic rings. The van der Waals surface area contributed by atoms with Gasteiger partial charge in [0.2, 0.25) is 0 Å². The van der Waals surface area contributed by atoms with E-state index >= 15 is 0 Å². The minimum atomic E-state index is -0.683. The maximum absolute atomic E-state index is 13.2. The van der Waals surface area contributed by atoms with E-state index in [1.165, 1.54) is 24.4 Å². The van der Waals surface area contributed by atoms with Crippen molar-refractivity contribution in [1.29, 1.82) is 0 Å². The lowest BCUT2D eigenvalue weighted by Gasteiger charge is -2.09. The summed E-state index contributed by atoms with van der Waals surface area (Å²) < 4.78 is 13.2. The fourth-order valence-corrected chi connectivity index (χ4v) is 1.88. The van der Waals surface area contributed by atoms with Crippen LogP contribution in [0.25, 0.3) is 10.9 Å². The van der Waals surface area contributed by atoms with E-state index in [2.05, 4.69) is 10.3 Å². The molecule has 0 aliphatic carbocycles. The van der Waals surface area contributed by atoms with Crippen LogP contribution in [0.3, 0.4) is 0 Å². The lowest BCUT2D eigenvalue weighted by molar-refractivity contribution is -0.117. The van der Waals surface area contributed by atoms with Gasteiger partial charge in [-0.15, -0.1) is 0 Å². The first-order chi connectivity index (χ1) is 9.49. The molecular weight excluding hydrogens is 261 g/mol. The van der Waals surface area contributed by atoms with Crippen molar-refractivity contribution in [3.05, 3.63) is 35.8 Å². The smallest absolute Gasteiger partial charge is 0.292 e. The standard InChI is InChI=1S/C14H16FN3O2/c1-18(2)6-5-16-14(20)13(19)11-8-17-12-4-3-9(15)7-10(11)12/h3-4,7-8,17H,5-6H2,1-2H3,(H,16,20). The summed E-state index contributed by atoms with van der Waals surface area (Å²) in [5.74, 6) is -1.79. The van der Waals surface area contributed by atoms with Gasteiger partial charge in [0.05, 0.1) is 5.56 Å². The molecule has 2 rings (SSSR count). The van der Waals surface area contributed by atoms with Gasteiger partial charge in [-0.1, -0.05) is 0 Å². The molecule has 0 radical (unpaired) electrons. The molecule has 20 heavy (non-hydrogen) atoms. The van der Waals surface area contributed by atoms with Crippen LogP contribution in [0, 0.1) is 5.82 Å². The largest absolute Gasteiger partial charge is 0.360 e. The molecule has 1 aromatic carbocycles. The zero-order valence-electron chi connectivity index (χ0n) is 11.4. The molecule has 0 saturated carbocycles. The zero-order chi connectivity index (χ0) is 14.7. The number of aromatic nitrogens is 1. The van der Waals surface area contributed by atoms with E-state index in [4.69, 9.17) is 0 Å². The van der Waals surface area contributed by atoms with Gasteiger partial charge in [-0.05, 0) is 32.3 Å². The minimum Gasteiger partial charge on any atom is -0.360 e. The van der Waals surface area contributed by atoms with Crippen LogP contribution in [-0.2, 0) is 4.79 Å². The number of likely N-dealkylation sites (N-methyl/N-ethyl adjacent to an activating group) is 1. The van der Waals surface area contributed by atoms with E-state index in [9.17, 15) is 14.0 Å². The number of halogens is 1. The second-order valence-electron chi connectivity index (χ2n) is 4.78. The third kappa shape index (κ3) is 3.03. The predicted molar refractivity (Wildman–Crippen MR) is 74.2 cm³/mol. The van der Waals surface area contributed by atoms with Gasteiger partial charge in [0.15, 0.2) is 0 Å². The van der Waals surface area contributed by atoms with Gasteiger partial charge in [-0.25, -0.2) is 4.39 Å². The normalized spacial score (nSPS) is 11.0. The maximum Gasteiger partial charge on any atom is 0.292 e. The Kier molecular flexibility index (Phi) is 4.14. The first-order valence-electron chi connectivity index (χ1n) is 6.23. The number of rotatable bonds is 5. The highest BCUT2D eigenvalue weighted by molar-refractivity contribution is 6.44. The van der Waals surface area contributed by atoms with E-state index in [1.807, 2.05) is 19.0 Å². The number of nitrogens with one attached hydrogen (secondary N) is 2. The van der Waals surface area contributed by atoms with Crippen molar-refractivity contribution in [3.8, 4) is 0 Å². The van der Waals surface area contributed by atoms with Crippen molar-refractivity contribution in [2.24, 2.45) is 0 Å². The van der Waals surface area contributed by atoms with Crippen LogP contribution in [-0.4, -0.2) is 48.8 Å². The Morgan fingerprint density at radius 3 is 2.80 bits per heavy atom. The van der Waals surface area contributed by atoms with Gasteiger partial charge >= 0.3 is 0 Å². The number of amides is 1. The number of carbonyl (C=O) groups excluding carboxylic acids is 2. The Morgan fingerprint density at radius 2 is 2.10 bits per heavy atom. The molecule has 106 valence electrons. The molecule has 2 N–H and O–H groups in total. The number of carbonyl (C=O) groups is 2. The molecule has 0 saturated heterocycles. The minimum absolute atomic E-state index is 0.182. The van der Waals surface area contributed by atoms with Gasteiger partial charge in [0.1, 0.15) is 5.82 Å². The van der Waals surface area contributed by atoms with Crippen molar-refractivity contribution in [2.75, 3.05) is 27.2 Å². The number of Topliss-reactive ketones (excluding diaryl/α,β-unsaturated/α-hetero) is 1. The Hall–Kier alpha value is -2.21. The number of ketones is 1. The van der Waals surface area contributed by atoms with Crippen LogP contribution < -0.4 is 5.32 Å². The van der Waals surface area contributed by atoms with Gasteiger partial charge < -0.3 is 15.2 Å². The van der Waals surface area contributed by atoms with Crippen LogP contribution >= 0.6 is 0 Å². The average Bonchev–Trinajstić information content (AvgIpc) is 2.80. The van der Waals surface area contributed by atoms with Crippen LogP contribution in [0.1, 0.15) is 10.4 Å². The van der Waals surface area contributed by atoms with Gasteiger partial charge in [0, 0.05) is 30.2 Å². The molecule has 5 nitrogen and oxygen atoms in total. The summed E-state index contributed by atoms with van der Waals surface area (Å²) in [5, 5.41) is 2.96. The lowest BCUT2D eigenvalue weighted by atomic mass is 10.1. The molecule has 0 bridgehead atoms. The summed E-state index contributed by atoms with van der Waals surface area (Å²) >= 11 is 0. The van der Waals surface area contributed by atoms with Crippen molar-refractivity contribution in [2.45, 2.75) is 0 Å². The number of aromatic amines is 1. The zero-order valence-corrected chi connectivity index (χ0v) is 11.4. The van der Waals surface area contributed by atoms with Crippen molar-refractivity contribution < 1.29 is 14.0 Å². The van der Waals surface area contributed by atoms with Crippen molar-refractivity contribution >= 4 is 22.6 Å². The van der Waals surface area contributed by atoms with Crippen LogP contribution in [0.2, 0.25) is 0 Å². The van der Waals surface area contributed by atoms with E-state index in [0.717, 1.165) is 0 Å². The number of hydrogen-bond acceptors (Lipinski definition) is 3. The summed E-state index contributed by atoms with van der Waals surface area (Å²) in [4.78, 5) is 28.5. The highest BCUT2D eigenvalue weighted by atomic mass is 19.1. The Morgan fingerprint density at radius 1 is 1.35 bits per heavy atom. The summed E-state index contributed by atoms with van der Waals surface area (Å²) in [7, 11) is 3.74. The van der Waals surface area contributed by atoms with Crippen LogP contribution in [0.5, 0.6) is 0 Å². The molecule has 0 atom stereocenters. The van der Waals surface area contributed by atoms with Crippen molar-refractivity contribution in [3.63, 3.8) is 0 Å². The average molecular weight is 277 g/mol. The first-order valence-corrected chi connectivity index (χ1v) is 6.23. The SMILES string of the molecule is CN(C)CCNC(=O)C(=O)c1c[nH]c2ccc(F)cc12. The monoisotopic (exact) mass is 277 g/mol. The molecule has 1 amide bonds. The predicted octanol–water partition coefficient (Wildman–Crippen LogP) is 1.17.